The Morgan fingerprint density at radius 2 is 1.95 bits per heavy atom. The number of halogens is 1. The zero-order valence-electron chi connectivity index (χ0n) is 11.7. The number of nitrogens with one attached hydrogen (secondary N) is 1. The molecule has 106 valence electrons. The van der Waals surface area contributed by atoms with E-state index >= 15 is 0 Å². The van der Waals surface area contributed by atoms with E-state index in [-0.39, 0.29) is 5.91 Å². The van der Waals surface area contributed by atoms with Crippen LogP contribution in [-0.2, 0) is 0 Å². The third-order valence-electron chi connectivity index (χ3n) is 3.20. The first kappa shape index (κ1) is 14.9. The van der Waals surface area contributed by atoms with Crippen LogP contribution in [0, 0.1) is 25.2 Å². The summed E-state index contributed by atoms with van der Waals surface area (Å²) >= 11 is 6.05. The minimum Gasteiger partial charge on any atom is -0.398 e. The van der Waals surface area contributed by atoms with Gasteiger partial charge in [-0.25, -0.2) is 0 Å². The van der Waals surface area contributed by atoms with Crippen LogP contribution in [-0.4, -0.2) is 5.91 Å². The van der Waals surface area contributed by atoms with Crippen molar-refractivity contribution in [3.8, 4) is 6.07 Å². The van der Waals surface area contributed by atoms with E-state index in [2.05, 4.69) is 5.32 Å². The van der Waals surface area contributed by atoms with E-state index in [9.17, 15) is 4.79 Å². The Balaban J connectivity index is 2.31. The number of benzene rings is 2. The minimum absolute atomic E-state index is 0.286. The maximum absolute atomic E-state index is 12.3. The van der Waals surface area contributed by atoms with Crippen molar-refractivity contribution in [2.45, 2.75) is 13.8 Å². The third kappa shape index (κ3) is 3.15. The highest BCUT2D eigenvalue weighted by Crippen LogP contribution is 2.25. The summed E-state index contributed by atoms with van der Waals surface area (Å²) in [7, 11) is 0. The molecule has 2 rings (SSSR count). The number of hydrogen-bond acceptors (Lipinski definition) is 3. The third-order valence-corrected chi connectivity index (χ3v) is 3.52. The summed E-state index contributed by atoms with van der Waals surface area (Å²) in [5, 5.41) is 11.8. The molecule has 1 amide bonds. The second-order valence-corrected chi connectivity index (χ2v) is 5.19. The van der Waals surface area contributed by atoms with Gasteiger partial charge in [0.2, 0.25) is 0 Å². The number of nitrogen functional groups attached to an aromatic ring is 1. The van der Waals surface area contributed by atoms with Gasteiger partial charge in [-0.15, -0.1) is 0 Å². The fraction of sp³-hybridized carbons (Fsp3) is 0.125. The normalized spacial score (nSPS) is 10.0. The van der Waals surface area contributed by atoms with Crippen molar-refractivity contribution >= 4 is 28.9 Å². The molecule has 0 aliphatic heterocycles. The first-order valence-electron chi connectivity index (χ1n) is 6.30. The molecule has 0 atom stereocenters. The molecular formula is C16H14ClN3O. The molecule has 21 heavy (non-hydrogen) atoms. The van der Waals surface area contributed by atoms with Crippen molar-refractivity contribution < 1.29 is 4.79 Å². The van der Waals surface area contributed by atoms with Gasteiger partial charge in [0.1, 0.15) is 0 Å². The quantitative estimate of drug-likeness (QED) is 0.831. The maximum Gasteiger partial charge on any atom is 0.256 e. The van der Waals surface area contributed by atoms with Gasteiger partial charge in [0.25, 0.3) is 5.91 Å². The number of amides is 1. The Morgan fingerprint density at radius 3 is 2.57 bits per heavy atom. The molecule has 4 nitrogen and oxygen atoms in total. The average molecular weight is 300 g/mol. The molecule has 0 unspecified atom stereocenters. The summed E-state index contributed by atoms with van der Waals surface area (Å²) in [6, 6.07) is 10.2. The van der Waals surface area contributed by atoms with Gasteiger partial charge in [0.15, 0.2) is 0 Å². The van der Waals surface area contributed by atoms with Crippen LogP contribution < -0.4 is 11.1 Å². The van der Waals surface area contributed by atoms with Crippen LogP contribution in [0.1, 0.15) is 27.0 Å². The second kappa shape index (κ2) is 5.86. The molecule has 0 saturated carbocycles. The molecule has 0 saturated heterocycles. The standard InChI is InChI=1S/C16H14ClN3O/c1-9-5-10(2)14(19)7-12(9)16(21)20-15-4-3-11(8-18)6-13(15)17/h3-7H,19H2,1-2H3,(H,20,21). The fourth-order valence-corrected chi connectivity index (χ4v) is 2.22. The fourth-order valence-electron chi connectivity index (χ4n) is 1.99. The highest BCUT2D eigenvalue weighted by molar-refractivity contribution is 6.34. The van der Waals surface area contributed by atoms with E-state index in [1.807, 2.05) is 26.0 Å². The Bertz CT molecular complexity index is 763. The van der Waals surface area contributed by atoms with Gasteiger partial charge in [0.05, 0.1) is 22.3 Å². The van der Waals surface area contributed by atoms with Crippen LogP contribution >= 0.6 is 11.6 Å². The lowest BCUT2D eigenvalue weighted by Gasteiger charge is -2.11. The highest BCUT2D eigenvalue weighted by Gasteiger charge is 2.13. The van der Waals surface area contributed by atoms with E-state index in [1.54, 1.807) is 18.2 Å². The van der Waals surface area contributed by atoms with Crippen LogP contribution in [0.2, 0.25) is 5.02 Å². The Labute approximate surface area is 128 Å². The van der Waals surface area contributed by atoms with E-state index < -0.39 is 0 Å². The first-order chi connectivity index (χ1) is 9.92. The Morgan fingerprint density at radius 1 is 1.24 bits per heavy atom. The van der Waals surface area contributed by atoms with Gasteiger partial charge in [0, 0.05) is 11.3 Å². The number of aryl methyl sites for hydroxylation is 2. The minimum atomic E-state index is -0.286. The number of hydrogen-bond donors (Lipinski definition) is 2. The molecule has 0 bridgehead atoms. The van der Waals surface area contributed by atoms with Crippen LogP contribution in [0.3, 0.4) is 0 Å². The van der Waals surface area contributed by atoms with Gasteiger partial charge in [-0.1, -0.05) is 17.7 Å². The highest BCUT2D eigenvalue weighted by atomic mass is 35.5. The zero-order chi connectivity index (χ0) is 15.6. The first-order valence-corrected chi connectivity index (χ1v) is 6.68. The maximum atomic E-state index is 12.3. The molecule has 0 radical (unpaired) electrons. The van der Waals surface area contributed by atoms with Crippen LogP contribution in [0.5, 0.6) is 0 Å². The molecule has 3 N–H and O–H groups in total. The molecule has 5 heteroatoms. The van der Waals surface area contributed by atoms with E-state index in [0.717, 1.165) is 11.1 Å². The monoisotopic (exact) mass is 299 g/mol. The van der Waals surface area contributed by atoms with Crippen molar-refractivity contribution in [2.75, 3.05) is 11.1 Å². The molecule has 0 aromatic heterocycles. The van der Waals surface area contributed by atoms with Gasteiger partial charge in [-0.05, 0) is 49.2 Å². The predicted octanol–water partition coefficient (Wildman–Crippen LogP) is 3.66. The van der Waals surface area contributed by atoms with Gasteiger partial charge in [-0.3, -0.25) is 4.79 Å². The molecule has 0 fully saturated rings. The topological polar surface area (TPSA) is 78.9 Å². The molecule has 2 aromatic carbocycles. The number of carbonyl (C=O) groups excluding carboxylic acids is 1. The van der Waals surface area contributed by atoms with Crippen molar-refractivity contribution in [1.82, 2.24) is 0 Å². The molecule has 0 aliphatic carbocycles. The van der Waals surface area contributed by atoms with Crippen LogP contribution in [0.4, 0.5) is 11.4 Å². The van der Waals surface area contributed by atoms with Crippen LogP contribution in [0.15, 0.2) is 30.3 Å². The van der Waals surface area contributed by atoms with E-state index in [4.69, 9.17) is 22.6 Å². The van der Waals surface area contributed by atoms with Gasteiger partial charge in [-0.2, -0.15) is 5.26 Å². The lowest BCUT2D eigenvalue weighted by Crippen LogP contribution is -2.14. The van der Waals surface area contributed by atoms with Gasteiger partial charge >= 0.3 is 0 Å². The van der Waals surface area contributed by atoms with Crippen LogP contribution in [0.25, 0.3) is 0 Å². The van der Waals surface area contributed by atoms with Crippen molar-refractivity contribution in [1.29, 1.82) is 5.26 Å². The number of nitrogens with two attached hydrogens (primary N) is 1. The summed E-state index contributed by atoms with van der Waals surface area (Å²) in [5.41, 5.74) is 9.58. The lowest BCUT2D eigenvalue weighted by molar-refractivity contribution is 0.102. The second-order valence-electron chi connectivity index (χ2n) is 4.78. The zero-order valence-corrected chi connectivity index (χ0v) is 12.5. The van der Waals surface area contributed by atoms with E-state index in [0.29, 0.717) is 27.5 Å². The lowest BCUT2D eigenvalue weighted by atomic mass is 10.0. The smallest absolute Gasteiger partial charge is 0.256 e. The van der Waals surface area contributed by atoms with E-state index in [1.165, 1.54) is 6.07 Å². The van der Waals surface area contributed by atoms with Crippen molar-refractivity contribution in [3.63, 3.8) is 0 Å². The summed E-state index contributed by atoms with van der Waals surface area (Å²) in [6.07, 6.45) is 0. The summed E-state index contributed by atoms with van der Waals surface area (Å²) in [4.78, 5) is 12.3. The Kier molecular flexibility index (Phi) is 4.15. The Hall–Kier alpha value is -2.51. The van der Waals surface area contributed by atoms with Crippen molar-refractivity contribution in [3.05, 3.63) is 57.6 Å². The van der Waals surface area contributed by atoms with Gasteiger partial charge < -0.3 is 11.1 Å². The summed E-state index contributed by atoms with van der Waals surface area (Å²) in [5.74, 6) is -0.286. The number of nitriles is 1. The number of anilines is 2. The largest absolute Gasteiger partial charge is 0.398 e. The van der Waals surface area contributed by atoms with Crippen molar-refractivity contribution in [2.24, 2.45) is 0 Å². The number of rotatable bonds is 2. The number of carbonyl (C=O) groups is 1. The molecular weight excluding hydrogens is 286 g/mol. The summed E-state index contributed by atoms with van der Waals surface area (Å²) in [6.45, 7) is 3.74. The molecule has 0 aliphatic rings. The predicted molar refractivity (Wildman–Crippen MR) is 84.4 cm³/mol. The molecule has 0 heterocycles. The summed E-state index contributed by atoms with van der Waals surface area (Å²) < 4.78 is 0. The number of nitrogens with zero attached hydrogens (tertiary/aromatic N) is 1. The molecule has 0 spiro atoms. The average Bonchev–Trinajstić information content (AvgIpc) is 2.44. The molecule has 2 aromatic rings. The SMILES string of the molecule is Cc1cc(C)c(C(=O)Nc2ccc(C#N)cc2Cl)cc1N.